The standard InChI is InChI=1S/C14H23NO2/c1-11-6-8-14(9-7-11,15(2)3)13(16)12-5-4-10-17-12/h5,11H,4,6-10H2,1-3H3. The average molecular weight is 237 g/mol. The lowest BCUT2D eigenvalue weighted by Crippen LogP contribution is -2.53. The van der Waals surface area contributed by atoms with Crippen LogP contribution in [0.15, 0.2) is 11.8 Å². The second-order valence-corrected chi connectivity index (χ2v) is 5.64. The van der Waals surface area contributed by atoms with E-state index in [1.165, 1.54) is 0 Å². The van der Waals surface area contributed by atoms with Crippen LogP contribution in [0.2, 0.25) is 0 Å². The van der Waals surface area contributed by atoms with E-state index in [2.05, 4.69) is 11.8 Å². The van der Waals surface area contributed by atoms with Crippen LogP contribution in [0.4, 0.5) is 0 Å². The van der Waals surface area contributed by atoms with Gasteiger partial charge in [0.05, 0.1) is 12.1 Å². The molecule has 0 unspecified atom stereocenters. The van der Waals surface area contributed by atoms with E-state index >= 15 is 0 Å². The Bertz CT molecular complexity index is 325. The number of nitrogens with zero attached hydrogens (tertiary/aromatic N) is 1. The summed E-state index contributed by atoms with van der Waals surface area (Å²) in [5.74, 6) is 1.55. The molecule has 0 aromatic rings. The Morgan fingerprint density at radius 1 is 1.41 bits per heavy atom. The van der Waals surface area contributed by atoms with Crippen molar-refractivity contribution in [3.05, 3.63) is 11.8 Å². The zero-order valence-electron chi connectivity index (χ0n) is 11.2. The van der Waals surface area contributed by atoms with Crippen molar-refractivity contribution >= 4 is 5.78 Å². The van der Waals surface area contributed by atoms with Crippen LogP contribution in [0, 0.1) is 5.92 Å². The molecule has 2 aliphatic rings. The van der Waals surface area contributed by atoms with Crippen LogP contribution in [0.3, 0.4) is 0 Å². The second-order valence-electron chi connectivity index (χ2n) is 5.64. The van der Waals surface area contributed by atoms with Crippen molar-refractivity contribution in [2.75, 3.05) is 20.7 Å². The van der Waals surface area contributed by atoms with Gasteiger partial charge in [-0.05, 0) is 51.8 Å². The molecule has 0 aromatic heterocycles. The van der Waals surface area contributed by atoms with Crippen LogP contribution in [-0.2, 0) is 9.53 Å². The topological polar surface area (TPSA) is 29.5 Å². The number of ketones is 1. The fourth-order valence-corrected chi connectivity index (χ4v) is 2.92. The van der Waals surface area contributed by atoms with Crippen LogP contribution in [-0.4, -0.2) is 36.9 Å². The molecule has 17 heavy (non-hydrogen) atoms. The third-order valence-electron chi connectivity index (χ3n) is 4.31. The number of hydrogen-bond acceptors (Lipinski definition) is 3. The van der Waals surface area contributed by atoms with Crippen molar-refractivity contribution in [3.63, 3.8) is 0 Å². The van der Waals surface area contributed by atoms with E-state index in [1.807, 2.05) is 20.2 Å². The van der Waals surface area contributed by atoms with E-state index in [9.17, 15) is 4.79 Å². The number of likely N-dealkylation sites (N-methyl/N-ethyl adjacent to an activating group) is 1. The Kier molecular flexibility index (Phi) is 3.57. The Hall–Kier alpha value is -0.830. The average Bonchev–Trinajstić information content (AvgIpc) is 2.82. The lowest BCUT2D eigenvalue weighted by molar-refractivity contribution is -0.131. The third kappa shape index (κ3) is 2.25. The summed E-state index contributed by atoms with van der Waals surface area (Å²) < 4.78 is 5.45. The molecule has 2 rings (SSSR count). The first kappa shape index (κ1) is 12.6. The molecule has 1 aliphatic carbocycles. The maximum atomic E-state index is 12.6. The number of rotatable bonds is 3. The summed E-state index contributed by atoms with van der Waals surface area (Å²) in [5.41, 5.74) is -0.317. The van der Waals surface area contributed by atoms with E-state index in [-0.39, 0.29) is 11.3 Å². The predicted molar refractivity (Wildman–Crippen MR) is 67.7 cm³/mol. The van der Waals surface area contributed by atoms with E-state index < -0.39 is 0 Å². The normalized spacial score (nSPS) is 33.4. The molecule has 0 radical (unpaired) electrons. The number of hydrogen-bond donors (Lipinski definition) is 0. The maximum Gasteiger partial charge on any atom is 0.217 e. The highest BCUT2D eigenvalue weighted by atomic mass is 16.5. The second kappa shape index (κ2) is 4.81. The summed E-state index contributed by atoms with van der Waals surface area (Å²) in [6.07, 6.45) is 7.02. The molecule has 0 aromatic carbocycles. The zero-order valence-corrected chi connectivity index (χ0v) is 11.2. The van der Waals surface area contributed by atoms with Crippen LogP contribution < -0.4 is 0 Å². The van der Waals surface area contributed by atoms with Gasteiger partial charge in [0.15, 0.2) is 5.76 Å². The van der Waals surface area contributed by atoms with Crippen molar-refractivity contribution in [2.24, 2.45) is 5.92 Å². The summed E-state index contributed by atoms with van der Waals surface area (Å²) in [6.45, 7) is 2.94. The number of carbonyl (C=O) groups is 1. The number of carbonyl (C=O) groups excluding carboxylic acids is 1. The van der Waals surface area contributed by atoms with E-state index in [0.29, 0.717) is 12.4 Å². The maximum absolute atomic E-state index is 12.6. The quantitative estimate of drug-likeness (QED) is 0.754. The minimum Gasteiger partial charge on any atom is -0.490 e. The minimum atomic E-state index is -0.317. The van der Waals surface area contributed by atoms with Gasteiger partial charge in [0.2, 0.25) is 5.78 Å². The highest BCUT2D eigenvalue weighted by Crippen LogP contribution is 2.38. The fourth-order valence-electron chi connectivity index (χ4n) is 2.92. The van der Waals surface area contributed by atoms with Gasteiger partial charge >= 0.3 is 0 Å². The number of Topliss-reactive ketones (excluding diaryl/α,β-unsaturated/α-hetero) is 1. The summed E-state index contributed by atoms with van der Waals surface area (Å²) >= 11 is 0. The molecule has 0 spiro atoms. The molecule has 96 valence electrons. The molecular weight excluding hydrogens is 214 g/mol. The first-order valence-electron chi connectivity index (χ1n) is 6.61. The summed E-state index contributed by atoms with van der Waals surface area (Å²) in [4.78, 5) is 14.7. The van der Waals surface area contributed by atoms with E-state index in [4.69, 9.17) is 4.74 Å². The van der Waals surface area contributed by atoms with Crippen molar-refractivity contribution in [2.45, 2.75) is 44.6 Å². The van der Waals surface area contributed by atoms with Crippen molar-refractivity contribution in [3.8, 4) is 0 Å². The van der Waals surface area contributed by atoms with Crippen LogP contribution in [0.25, 0.3) is 0 Å². The molecular formula is C14H23NO2. The molecule has 1 aliphatic heterocycles. The highest BCUT2D eigenvalue weighted by Gasteiger charge is 2.45. The monoisotopic (exact) mass is 237 g/mol. The van der Waals surface area contributed by atoms with Gasteiger partial charge in [0.25, 0.3) is 0 Å². The molecule has 3 heteroatoms. The van der Waals surface area contributed by atoms with Gasteiger partial charge < -0.3 is 4.74 Å². The van der Waals surface area contributed by atoms with Crippen LogP contribution in [0.1, 0.15) is 39.0 Å². The molecule has 1 fully saturated rings. The molecule has 3 nitrogen and oxygen atoms in total. The fraction of sp³-hybridized carbons (Fsp3) is 0.786. The molecule has 0 amide bonds. The summed E-state index contributed by atoms with van der Waals surface area (Å²) in [6, 6.07) is 0. The lowest BCUT2D eigenvalue weighted by atomic mass is 9.73. The molecule has 0 N–H and O–H groups in total. The van der Waals surface area contributed by atoms with Crippen molar-refractivity contribution in [1.82, 2.24) is 4.90 Å². The minimum absolute atomic E-state index is 0.201. The molecule has 0 saturated heterocycles. The van der Waals surface area contributed by atoms with Crippen molar-refractivity contribution < 1.29 is 9.53 Å². The SMILES string of the molecule is CC1CCC(C(=O)C2=CCCO2)(N(C)C)CC1. The predicted octanol–water partition coefficient (Wildman–Crippen LogP) is 2.37. The Morgan fingerprint density at radius 3 is 2.53 bits per heavy atom. The Morgan fingerprint density at radius 2 is 2.06 bits per heavy atom. The largest absolute Gasteiger partial charge is 0.490 e. The van der Waals surface area contributed by atoms with Gasteiger partial charge in [-0.1, -0.05) is 6.92 Å². The Labute approximate surface area is 104 Å². The Balaban J connectivity index is 2.19. The van der Waals surface area contributed by atoms with Gasteiger partial charge in [-0.2, -0.15) is 0 Å². The van der Waals surface area contributed by atoms with Gasteiger partial charge in [0, 0.05) is 6.42 Å². The molecule has 1 heterocycles. The summed E-state index contributed by atoms with van der Waals surface area (Å²) in [7, 11) is 4.03. The van der Waals surface area contributed by atoms with Gasteiger partial charge in [-0.3, -0.25) is 9.69 Å². The summed E-state index contributed by atoms with van der Waals surface area (Å²) in [5, 5.41) is 0. The van der Waals surface area contributed by atoms with E-state index in [1.54, 1.807) is 0 Å². The zero-order chi connectivity index (χ0) is 12.5. The molecule has 0 bridgehead atoms. The molecule has 0 atom stereocenters. The van der Waals surface area contributed by atoms with Crippen LogP contribution in [0.5, 0.6) is 0 Å². The highest BCUT2D eigenvalue weighted by molar-refractivity contribution is 6.01. The first-order chi connectivity index (χ1) is 8.06. The van der Waals surface area contributed by atoms with Gasteiger partial charge in [-0.15, -0.1) is 0 Å². The van der Waals surface area contributed by atoms with Gasteiger partial charge in [-0.25, -0.2) is 0 Å². The lowest BCUT2D eigenvalue weighted by Gasteiger charge is -2.43. The van der Waals surface area contributed by atoms with Gasteiger partial charge in [0.1, 0.15) is 0 Å². The van der Waals surface area contributed by atoms with Crippen LogP contribution >= 0.6 is 0 Å². The van der Waals surface area contributed by atoms with Crippen molar-refractivity contribution in [1.29, 1.82) is 0 Å². The molecule has 1 saturated carbocycles. The number of ether oxygens (including phenoxy) is 1. The first-order valence-corrected chi connectivity index (χ1v) is 6.61. The third-order valence-corrected chi connectivity index (χ3v) is 4.31. The van der Waals surface area contributed by atoms with E-state index in [0.717, 1.165) is 38.0 Å². The smallest absolute Gasteiger partial charge is 0.217 e.